The molecule has 1 fully saturated rings. The third-order valence-corrected chi connectivity index (χ3v) is 5.47. The monoisotopic (exact) mass is 361 g/mol. The first-order chi connectivity index (χ1) is 9.29. The lowest BCUT2D eigenvalue weighted by atomic mass is 10.1. The molecule has 1 saturated heterocycles. The molecule has 6 nitrogen and oxygen atoms in total. The van der Waals surface area contributed by atoms with Crippen LogP contribution in [0.15, 0.2) is 27.6 Å². The van der Waals surface area contributed by atoms with Crippen molar-refractivity contribution in [3.63, 3.8) is 0 Å². The Bertz CT molecular complexity index is 633. The number of piperidine rings is 1. The van der Waals surface area contributed by atoms with Gasteiger partial charge >= 0.3 is 0 Å². The van der Waals surface area contributed by atoms with Gasteiger partial charge in [-0.1, -0.05) is 0 Å². The van der Waals surface area contributed by atoms with Crippen molar-refractivity contribution in [3.05, 3.63) is 22.7 Å². The summed E-state index contributed by atoms with van der Waals surface area (Å²) in [5.74, 6) is 0.0355. The average Bonchev–Trinajstić information content (AvgIpc) is 2.37. The first-order valence-corrected chi connectivity index (χ1v) is 8.38. The number of sulfonamides is 1. The van der Waals surface area contributed by atoms with Crippen molar-refractivity contribution < 1.29 is 13.2 Å². The number of nitrogen functional groups attached to an aromatic ring is 1. The van der Waals surface area contributed by atoms with Crippen LogP contribution in [0.5, 0.6) is 0 Å². The van der Waals surface area contributed by atoms with Crippen LogP contribution in [0.25, 0.3) is 0 Å². The smallest absolute Gasteiger partial charge is 0.240 e. The third kappa shape index (κ3) is 3.31. The van der Waals surface area contributed by atoms with Crippen LogP contribution in [0.4, 0.5) is 5.69 Å². The fourth-order valence-electron chi connectivity index (χ4n) is 2.08. The van der Waals surface area contributed by atoms with Crippen LogP contribution in [-0.4, -0.2) is 38.9 Å². The van der Waals surface area contributed by atoms with Crippen LogP contribution in [0, 0.1) is 0 Å². The van der Waals surface area contributed by atoms with E-state index in [9.17, 15) is 13.2 Å². The first kappa shape index (κ1) is 15.3. The number of carbonyl (C=O) groups is 1. The first-order valence-electron chi connectivity index (χ1n) is 6.11. The van der Waals surface area contributed by atoms with Crippen LogP contribution >= 0.6 is 15.9 Å². The van der Waals surface area contributed by atoms with Crippen molar-refractivity contribution in [3.8, 4) is 0 Å². The number of carbonyl (C=O) groups excluding carboxylic acids is 1. The number of anilines is 1. The van der Waals surface area contributed by atoms with Gasteiger partial charge in [0, 0.05) is 36.2 Å². The number of amides is 1. The number of hydrogen-bond donors (Lipinski definition) is 2. The van der Waals surface area contributed by atoms with E-state index in [1.165, 1.54) is 17.0 Å². The molecule has 1 aromatic rings. The molecule has 1 aliphatic rings. The molecule has 1 heterocycles. The van der Waals surface area contributed by atoms with Gasteiger partial charge < -0.3 is 10.6 Å². The van der Waals surface area contributed by atoms with E-state index in [4.69, 9.17) is 5.73 Å². The number of benzene rings is 1. The fourth-order valence-corrected chi connectivity index (χ4v) is 3.63. The molecular formula is C12H16BrN3O3S. The number of nitrogens with two attached hydrogens (primary N) is 1. The molecule has 1 unspecified atom stereocenters. The predicted octanol–water partition coefficient (Wildman–Crippen LogP) is 0.930. The van der Waals surface area contributed by atoms with Gasteiger partial charge in [-0.15, -0.1) is 0 Å². The zero-order chi connectivity index (χ0) is 14.9. The van der Waals surface area contributed by atoms with Gasteiger partial charge in [-0.25, -0.2) is 13.1 Å². The van der Waals surface area contributed by atoms with E-state index in [-0.39, 0.29) is 16.8 Å². The van der Waals surface area contributed by atoms with E-state index >= 15 is 0 Å². The van der Waals surface area contributed by atoms with Crippen molar-refractivity contribution in [2.75, 3.05) is 19.3 Å². The highest BCUT2D eigenvalue weighted by atomic mass is 79.9. The number of hydrogen-bond acceptors (Lipinski definition) is 4. The van der Waals surface area contributed by atoms with Gasteiger partial charge in [0.05, 0.1) is 4.90 Å². The largest absolute Gasteiger partial charge is 0.398 e. The topological polar surface area (TPSA) is 92.5 Å². The summed E-state index contributed by atoms with van der Waals surface area (Å²) in [5, 5.41) is 0. The van der Waals surface area contributed by atoms with Crippen molar-refractivity contribution in [1.29, 1.82) is 0 Å². The summed E-state index contributed by atoms with van der Waals surface area (Å²) in [4.78, 5) is 13.0. The van der Waals surface area contributed by atoms with Crippen molar-refractivity contribution in [2.45, 2.75) is 23.8 Å². The van der Waals surface area contributed by atoms with Gasteiger partial charge in [0.1, 0.15) is 0 Å². The predicted molar refractivity (Wildman–Crippen MR) is 79.5 cm³/mol. The van der Waals surface area contributed by atoms with Gasteiger partial charge in [-0.05, 0) is 40.5 Å². The highest BCUT2D eigenvalue weighted by Crippen LogP contribution is 2.23. The molecule has 3 N–H and O–H groups in total. The van der Waals surface area contributed by atoms with Crippen LogP contribution in [-0.2, 0) is 14.8 Å². The van der Waals surface area contributed by atoms with Gasteiger partial charge in [-0.2, -0.15) is 0 Å². The third-order valence-electron chi connectivity index (χ3n) is 3.23. The molecule has 1 aliphatic heterocycles. The molecule has 0 saturated carbocycles. The number of rotatable bonds is 3. The van der Waals surface area contributed by atoms with E-state index in [0.717, 1.165) is 0 Å². The Morgan fingerprint density at radius 3 is 2.75 bits per heavy atom. The molecule has 0 radical (unpaired) electrons. The minimum Gasteiger partial charge on any atom is -0.398 e. The Balaban J connectivity index is 2.15. The minimum atomic E-state index is -3.63. The fraction of sp³-hybridized carbons (Fsp3) is 0.417. The second kappa shape index (κ2) is 5.71. The summed E-state index contributed by atoms with van der Waals surface area (Å²) in [7, 11) is -1.96. The Kier molecular flexibility index (Phi) is 4.36. The van der Waals surface area contributed by atoms with Gasteiger partial charge in [-0.3, -0.25) is 4.79 Å². The summed E-state index contributed by atoms with van der Waals surface area (Å²) in [5.41, 5.74) is 6.06. The van der Waals surface area contributed by atoms with E-state index in [1.54, 1.807) is 13.1 Å². The van der Waals surface area contributed by atoms with E-state index < -0.39 is 10.0 Å². The van der Waals surface area contributed by atoms with Crippen LogP contribution < -0.4 is 10.5 Å². The highest BCUT2D eigenvalue weighted by Gasteiger charge is 2.27. The number of nitrogens with zero attached hydrogens (tertiary/aromatic N) is 1. The normalized spacial score (nSPS) is 20.2. The zero-order valence-corrected chi connectivity index (χ0v) is 13.4. The quantitative estimate of drug-likeness (QED) is 0.783. The minimum absolute atomic E-state index is 0.0355. The Labute approximate surface area is 126 Å². The van der Waals surface area contributed by atoms with Gasteiger partial charge in [0.2, 0.25) is 15.9 Å². The molecule has 110 valence electrons. The summed E-state index contributed by atoms with van der Waals surface area (Å²) < 4.78 is 27.8. The van der Waals surface area contributed by atoms with E-state index in [2.05, 4.69) is 20.7 Å². The lowest BCUT2D eigenvalue weighted by molar-refractivity contribution is -0.132. The Morgan fingerprint density at radius 2 is 2.15 bits per heavy atom. The van der Waals surface area contributed by atoms with Gasteiger partial charge in [0.15, 0.2) is 0 Å². The molecule has 0 bridgehead atoms. The van der Waals surface area contributed by atoms with E-state index in [1.807, 2.05) is 0 Å². The number of nitrogens with one attached hydrogen (secondary N) is 1. The van der Waals surface area contributed by atoms with Crippen molar-refractivity contribution >= 4 is 37.5 Å². The molecule has 20 heavy (non-hydrogen) atoms. The Morgan fingerprint density at radius 1 is 1.45 bits per heavy atom. The molecule has 2 rings (SSSR count). The molecule has 1 aromatic carbocycles. The zero-order valence-electron chi connectivity index (χ0n) is 11.0. The Hall–Kier alpha value is -1.12. The van der Waals surface area contributed by atoms with E-state index in [0.29, 0.717) is 29.5 Å². The molecule has 1 atom stereocenters. The van der Waals surface area contributed by atoms with Crippen LogP contribution in [0.2, 0.25) is 0 Å². The SMILES string of the molecule is CN1CC(NS(=O)(=O)c2ccc(Br)c(N)c2)CCC1=O. The number of halogens is 1. The van der Waals surface area contributed by atoms with Gasteiger partial charge in [0.25, 0.3) is 0 Å². The highest BCUT2D eigenvalue weighted by molar-refractivity contribution is 9.10. The molecule has 8 heteroatoms. The second-order valence-electron chi connectivity index (χ2n) is 4.81. The summed E-state index contributed by atoms with van der Waals surface area (Å²) in [6.45, 7) is 0.379. The lowest BCUT2D eigenvalue weighted by Crippen LogP contribution is -2.48. The number of likely N-dealkylation sites (tertiary alicyclic amines) is 1. The molecule has 1 amide bonds. The summed E-state index contributed by atoms with van der Waals surface area (Å²) in [6, 6.07) is 4.22. The second-order valence-corrected chi connectivity index (χ2v) is 7.38. The van der Waals surface area contributed by atoms with Crippen LogP contribution in [0.3, 0.4) is 0 Å². The van der Waals surface area contributed by atoms with Crippen molar-refractivity contribution in [1.82, 2.24) is 9.62 Å². The summed E-state index contributed by atoms with van der Waals surface area (Å²) >= 11 is 3.22. The van der Waals surface area contributed by atoms with Crippen LogP contribution in [0.1, 0.15) is 12.8 Å². The average molecular weight is 362 g/mol. The summed E-state index contributed by atoms with van der Waals surface area (Å²) in [6.07, 6.45) is 0.862. The molecule has 0 aromatic heterocycles. The lowest BCUT2D eigenvalue weighted by Gasteiger charge is -2.29. The molecule has 0 spiro atoms. The maximum Gasteiger partial charge on any atom is 0.240 e. The standard InChI is InChI=1S/C12H16BrN3O3S/c1-16-7-8(2-5-12(16)17)15-20(18,19)9-3-4-10(13)11(14)6-9/h3-4,6,8,15H,2,5,7,14H2,1H3. The number of likely N-dealkylation sites (N-methyl/N-ethyl adjacent to an activating group) is 1. The molecular weight excluding hydrogens is 346 g/mol. The molecule has 0 aliphatic carbocycles. The van der Waals surface area contributed by atoms with Crippen molar-refractivity contribution in [2.24, 2.45) is 0 Å². The maximum atomic E-state index is 12.3. The maximum absolute atomic E-state index is 12.3.